The van der Waals surface area contributed by atoms with Crippen LogP contribution in [0.2, 0.25) is 0 Å². The van der Waals surface area contributed by atoms with Gasteiger partial charge in [0.1, 0.15) is 6.61 Å². The fourth-order valence-corrected chi connectivity index (χ4v) is 3.01. The second-order valence-electron chi connectivity index (χ2n) is 5.59. The van der Waals surface area contributed by atoms with Crippen LogP contribution in [0, 0.1) is 0 Å². The van der Waals surface area contributed by atoms with Crippen molar-refractivity contribution in [1.29, 1.82) is 0 Å². The third-order valence-electron chi connectivity index (χ3n) is 3.91. The molecule has 24 heavy (non-hydrogen) atoms. The Morgan fingerprint density at radius 1 is 1.33 bits per heavy atom. The molecule has 1 unspecified atom stereocenters. The first-order valence-corrected chi connectivity index (χ1v) is 8.63. The van der Waals surface area contributed by atoms with Crippen molar-refractivity contribution in [2.75, 3.05) is 13.2 Å². The number of nitrogens with zero attached hydrogens (tertiary/aromatic N) is 2. The Kier molecular flexibility index (Phi) is 5.23. The van der Waals surface area contributed by atoms with E-state index in [1.165, 1.54) is 0 Å². The zero-order valence-electron chi connectivity index (χ0n) is 12.7. The van der Waals surface area contributed by atoms with Crippen LogP contribution in [0.3, 0.4) is 0 Å². The number of carbonyl (C=O) groups is 1. The average molecular weight is 389 g/mol. The first-order valence-electron chi connectivity index (χ1n) is 7.50. The molecule has 0 radical (unpaired) electrons. The second kappa shape index (κ2) is 7.21. The third-order valence-corrected chi connectivity index (χ3v) is 4.24. The summed E-state index contributed by atoms with van der Waals surface area (Å²) in [7, 11) is 0. The number of nitrogens with one attached hydrogen (secondary N) is 1. The van der Waals surface area contributed by atoms with Crippen LogP contribution in [0.15, 0.2) is 36.7 Å². The van der Waals surface area contributed by atoms with E-state index in [2.05, 4.69) is 9.97 Å². The van der Waals surface area contributed by atoms with Gasteiger partial charge in [-0.1, -0.05) is 65.1 Å². The van der Waals surface area contributed by atoms with Crippen LogP contribution in [0.1, 0.15) is 23.0 Å². The molecule has 1 aliphatic heterocycles. The number of H-pyrrole nitrogens is 1. The summed E-state index contributed by atoms with van der Waals surface area (Å²) in [6.45, 7) is 0.226. The molecule has 3 rings (SSSR count). The first kappa shape index (κ1) is 17.4. The summed E-state index contributed by atoms with van der Waals surface area (Å²) in [6.07, 6.45) is 2.47. The van der Waals surface area contributed by atoms with Gasteiger partial charge in [-0.15, -0.1) is 0 Å². The number of rotatable bonds is 3. The van der Waals surface area contributed by atoms with E-state index in [9.17, 15) is 4.79 Å². The summed E-state index contributed by atoms with van der Waals surface area (Å²) >= 11 is 17.0. The highest BCUT2D eigenvalue weighted by atomic mass is 35.6. The van der Waals surface area contributed by atoms with Crippen LogP contribution in [0.5, 0.6) is 0 Å². The SMILES string of the molecule is O=C(OCC(Cl)(Cl)Cl)N1CCc2[nH]cnc2C1Cc1ccccc1. The van der Waals surface area contributed by atoms with E-state index in [0.29, 0.717) is 19.4 Å². The molecule has 0 bridgehead atoms. The molecule has 0 fully saturated rings. The molecule has 128 valence electrons. The van der Waals surface area contributed by atoms with Crippen LogP contribution in [0.4, 0.5) is 4.79 Å². The maximum absolute atomic E-state index is 12.5. The Morgan fingerprint density at radius 3 is 2.79 bits per heavy atom. The molecule has 2 heterocycles. The van der Waals surface area contributed by atoms with E-state index in [1.54, 1.807) is 11.2 Å². The van der Waals surface area contributed by atoms with Gasteiger partial charge in [-0.05, 0) is 12.0 Å². The van der Waals surface area contributed by atoms with E-state index in [-0.39, 0.29) is 12.6 Å². The lowest BCUT2D eigenvalue weighted by Gasteiger charge is -2.34. The van der Waals surface area contributed by atoms with Crippen LogP contribution >= 0.6 is 34.8 Å². The highest BCUT2D eigenvalue weighted by Gasteiger charge is 2.35. The van der Waals surface area contributed by atoms with Crippen molar-refractivity contribution in [3.63, 3.8) is 0 Å². The summed E-state index contributed by atoms with van der Waals surface area (Å²) in [6, 6.07) is 9.71. The van der Waals surface area contributed by atoms with Crippen molar-refractivity contribution < 1.29 is 9.53 Å². The van der Waals surface area contributed by atoms with Crippen molar-refractivity contribution in [2.24, 2.45) is 0 Å². The number of carbonyl (C=O) groups excluding carboxylic acids is 1. The number of alkyl halides is 3. The molecule has 1 N–H and O–H groups in total. The minimum atomic E-state index is -1.63. The van der Waals surface area contributed by atoms with Crippen molar-refractivity contribution in [3.8, 4) is 0 Å². The van der Waals surface area contributed by atoms with Crippen LogP contribution < -0.4 is 0 Å². The smallest absolute Gasteiger partial charge is 0.410 e. The van der Waals surface area contributed by atoms with Gasteiger partial charge < -0.3 is 9.72 Å². The highest BCUT2D eigenvalue weighted by molar-refractivity contribution is 6.67. The number of hydrogen-bond donors (Lipinski definition) is 1. The molecule has 1 atom stereocenters. The van der Waals surface area contributed by atoms with Crippen molar-refractivity contribution >= 4 is 40.9 Å². The molecular weight excluding hydrogens is 373 g/mol. The Bertz CT molecular complexity index is 700. The number of aromatic nitrogens is 2. The van der Waals surface area contributed by atoms with Gasteiger partial charge in [0.25, 0.3) is 0 Å². The molecule has 8 heteroatoms. The van der Waals surface area contributed by atoms with Gasteiger partial charge in [-0.25, -0.2) is 9.78 Å². The Balaban J connectivity index is 1.80. The van der Waals surface area contributed by atoms with Crippen LogP contribution in [0.25, 0.3) is 0 Å². The molecule has 1 aromatic heterocycles. The fourth-order valence-electron chi connectivity index (χ4n) is 2.84. The maximum Gasteiger partial charge on any atom is 0.410 e. The topological polar surface area (TPSA) is 58.2 Å². The normalized spacial score (nSPS) is 17.5. The molecule has 2 aromatic rings. The van der Waals surface area contributed by atoms with E-state index >= 15 is 0 Å². The number of aromatic amines is 1. The third kappa shape index (κ3) is 4.15. The summed E-state index contributed by atoms with van der Waals surface area (Å²) in [5, 5.41) is 0. The summed E-state index contributed by atoms with van der Waals surface area (Å²) in [4.78, 5) is 21.6. The molecular formula is C16H16Cl3N3O2. The monoisotopic (exact) mass is 387 g/mol. The van der Waals surface area contributed by atoms with Gasteiger partial charge in [0.2, 0.25) is 3.79 Å². The van der Waals surface area contributed by atoms with Crippen LogP contribution in [-0.2, 0) is 17.6 Å². The highest BCUT2D eigenvalue weighted by Crippen LogP contribution is 2.32. The Morgan fingerprint density at radius 2 is 2.08 bits per heavy atom. The molecule has 0 spiro atoms. The van der Waals surface area contributed by atoms with Crippen molar-refractivity contribution in [2.45, 2.75) is 22.7 Å². The summed E-state index contributed by atoms with van der Waals surface area (Å²) in [5.74, 6) is 0. The van der Waals surface area contributed by atoms with Gasteiger partial charge in [0.15, 0.2) is 0 Å². The van der Waals surface area contributed by atoms with Gasteiger partial charge in [-0.3, -0.25) is 4.90 Å². The standard InChI is InChI=1S/C16H16Cl3N3O2/c17-16(18,19)9-24-15(23)22-7-6-12-14(21-10-20-12)13(22)8-11-4-2-1-3-5-11/h1-5,10,13H,6-9H2,(H,20,21). The summed E-state index contributed by atoms with van der Waals surface area (Å²) in [5.41, 5.74) is 3.01. The average Bonchev–Trinajstić information content (AvgIpc) is 3.02. The van der Waals surface area contributed by atoms with Gasteiger partial charge in [-0.2, -0.15) is 0 Å². The van der Waals surface area contributed by atoms with Crippen molar-refractivity contribution in [3.05, 3.63) is 53.6 Å². The van der Waals surface area contributed by atoms with Gasteiger partial charge in [0, 0.05) is 18.7 Å². The number of fused-ring (bicyclic) bond motifs is 1. The lowest BCUT2D eigenvalue weighted by molar-refractivity contribution is 0.0827. The largest absolute Gasteiger partial charge is 0.445 e. The predicted molar refractivity (Wildman–Crippen MR) is 93.5 cm³/mol. The molecule has 1 aromatic carbocycles. The molecule has 1 aliphatic rings. The number of hydrogen-bond acceptors (Lipinski definition) is 3. The maximum atomic E-state index is 12.5. The van der Waals surface area contributed by atoms with Gasteiger partial charge >= 0.3 is 6.09 Å². The minimum absolute atomic E-state index is 0.217. The lowest BCUT2D eigenvalue weighted by Crippen LogP contribution is -2.42. The molecule has 1 amide bonds. The van der Waals surface area contributed by atoms with E-state index in [0.717, 1.165) is 17.0 Å². The Labute approximate surface area is 154 Å². The van der Waals surface area contributed by atoms with Crippen molar-refractivity contribution in [1.82, 2.24) is 14.9 Å². The zero-order valence-corrected chi connectivity index (χ0v) is 15.0. The van der Waals surface area contributed by atoms with E-state index < -0.39 is 9.89 Å². The van der Waals surface area contributed by atoms with E-state index in [1.807, 2.05) is 30.3 Å². The molecule has 0 aliphatic carbocycles. The number of imidazole rings is 1. The number of halogens is 3. The Hall–Kier alpha value is -1.43. The molecule has 0 saturated carbocycles. The van der Waals surface area contributed by atoms with Crippen LogP contribution in [-0.4, -0.2) is 37.9 Å². The molecule has 5 nitrogen and oxygen atoms in total. The number of amides is 1. The first-order chi connectivity index (χ1) is 11.4. The lowest BCUT2D eigenvalue weighted by atomic mass is 9.96. The quantitative estimate of drug-likeness (QED) is 0.807. The number of benzene rings is 1. The number of ether oxygens (including phenoxy) is 1. The predicted octanol–water partition coefficient (Wildman–Crippen LogP) is 4.06. The van der Waals surface area contributed by atoms with E-state index in [4.69, 9.17) is 39.5 Å². The summed E-state index contributed by atoms with van der Waals surface area (Å²) < 4.78 is 3.53. The van der Waals surface area contributed by atoms with Gasteiger partial charge in [0.05, 0.1) is 18.1 Å². The minimum Gasteiger partial charge on any atom is -0.445 e. The fraction of sp³-hybridized carbons (Fsp3) is 0.375. The second-order valence-corrected chi connectivity index (χ2v) is 8.10. The molecule has 0 saturated heterocycles. The zero-order chi connectivity index (χ0) is 17.2.